The largest absolute Gasteiger partial charge is 0.480 e. The molecule has 17 heavy (non-hydrogen) atoms. The van der Waals surface area contributed by atoms with Crippen LogP contribution in [0.1, 0.15) is 18.4 Å². The van der Waals surface area contributed by atoms with E-state index < -0.39 is 11.2 Å². The van der Waals surface area contributed by atoms with Crippen LogP contribution >= 0.6 is 11.8 Å². The van der Waals surface area contributed by atoms with Gasteiger partial charge >= 0.3 is 5.97 Å². The molecule has 1 aromatic carbocycles. The van der Waals surface area contributed by atoms with E-state index >= 15 is 0 Å². The Morgan fingerprint density at radius 2 is 1.94 bits per heavy atom. The van der Waals surface area contributed by atoms with Crippen LogP contribution in [0.5, 0.6) is 0 Å². The first-order valence-electron chi connectivity index (χ1n) is 5.73. The van der Waals surface area contributed by atoms with Crippen molar-refractivity contribution in [1.82, 2.24) is 0 Å². The molecule has 4 heteroatoms. The normalized spacial score (nSPS) is 12.3. The molecule has 0 aliphatic heterocycles. The Morgan fingerprint density at radius 1 is 1.24 bits per heavy atom. The molecular weight excluding hydrogens is 236 g/mol. The number of thioether (sulfide) groups is 1. The van der Waals surface area contributed by atoms with Crippen molar-refractivity contribution in [3.63, 3.8) is 0 Å². The van der Waals surface area contributed by atoms with E-state index in [1.165, 1.54) is 11.8 Å². The summed E-state index contributed by atoms with van der Waals surface area (Å²) in [6, 6.07) is 9.66. The van der Waals surface area contributed by atoms with Crippen LogP contribution in [0.2, 0.25) is 0 Å². The van der Waals surface area contributed by atoms with Crippen molar-refractivity contribution in [3.8, 4) is 0 Å². The zero-order chi connectivity index (χ0) is 12.5. The van der Waals surface area contributed by atoms with Gasteiger partial charge in [0.15, 0.2) is 0 Å². The summed E-state index contributed by atoms with van der Waals surface area (Å²) in [5.41, 5.74) is 1.05. The summed E-state index contributed by atoms with van der Waals surface area (Å²) in [5, 5.41) is 17.4. The Morgan fingerprint density at radius 3 is 2.53 bits per heavy atom. The second kappa shape index (κ2) is 8.14. The monoisotopic (exact) mass is 254 g/mol. The van der Waals surface area contributed by atoms with E-state index in [0.29, 0.717) is 6.42 Å². The van der Waals surface area contributed by atoms with E-state index in [2.05, 4.69) is 0 Å². The van der Waals surface area contributed by atoms with Gasteiger partial charge in [0, 0.05) is 6.61 Å². The van der Waals surface area contributed by atoms with Crippen LogP contribution in [0.25, 0.3) is 0 Å². The molecule has 1 aromatic rings. The van der Waals surface area contributed by atoms with Gasteiger partial charge in [-0.3, -0.25) is 4.79 Å². The van der Waals surface area contributed by atoms with E-state index in [1.54, 1.807) is 0 Å². The third-order valence-corrected chi connectivity index (χ3v) is 3.71. The maximum atomic E-state index is 11.1. The Bertz CT molecular complexity index is 327. The smallest absolute Gasteiger partial charge is 0.316 e. The lowest BCUT2D eigenvalue weighted by Gasteiger charge is -2.11. The summed E-state index contributed by atoms with van der Waals surface area (Å²) in [6.07, 6.45) is 2.16. The molecule has 0 aromatic heterocycles. The van der Waals surface area contributed by atoms with E-state index in [9.17, 15) is 4.79 Å². The molecular formula is C13H18O3S. The summed E-state index contributed by atoms with van der Waals surface area (Å²) in [5.74, 6) is 0.0209. The highest BCUT2D eigenvalue weighted by molar-refractivity contribution is 8.00. The van der Waals surface area contributed by atoms with Crippen molar-refractivity contribution in [2.45, 2.75) is 24.5 Å². The lowest BCUT2D eigenvalue weighted by atomic mass is 10.1. The van der Waals surface area contributed by atoms with Crippen LogP contribution in [-0.2, 0) is 11.2 Å². The average Bonchev–Trinajstić information content (AvgIpc) is 2.34. The Labute approximate surface area is 106 Å². The molecule has 1 unspecified atom stereocenters. The number of rotatable bonds is 8. The number of hydrogen-bond acceptors (Lipinski definition) is 3. The molecule has 0 radical (unpaired) electrons. The van der Waals surface area contributed by atoms with Crippen molar-refractivity contribution in [2.75, 3.05) is 12.4 Å². The molecule has 2 N–H and O–H groups in total. The second-order valence-electron chi connectivity index (χ2n) is 3.82. The minimum absolute atomic E-state index is 0.178. The number of aliphatic hydroxyl groups excluding tert-OH is 1. The highest BCUT2D eigenvalue weighted by Crippen LogP contribution is 2.18. The molecule has 0 spiro atoms. The SMILES string of the molecule is O=C(O)C(Cc1ccccc1)SCCCCO. The average molecular weight is 254 g/mol. The second-order valence-corrected chi connectivity index (χ2v) is 5.13. The predicted molar refractivity (Wildman–Crippen MR) is 70.3 cm³/mol. The van der Waals surface area contributed by atoms with Crippen molar-refractivity contribution in [2.24, 2.45) is 0 Å². The van der Waals surface area contributed by atoms with Gasteiger partial charge in [-0.1, -0.05) is 30.3 Å². The van der Waals surface area contributed by atoms with E-state index in [4.69, 9.17) is 10.2 Å². The summed E-state index contributed by atoms with van der Waals surface area (Å²) >= 11 is 1.45. The lowest BCUT2D eigenvalue weighted by molar-refractivity contribution is -0.136. The molecule has 0 saturated carbocycles. The van der Waals surface area contributed by atoms with Crippen LogP contribution in [0, 0.1) is 0 Å². The van der Waals surface area contributed by atoms with Crippen LogP contribution < -0.4 is 0 Å². The van der Waals surface area contributed by atoms with Crippen molar-refractivity contribution < 1.29 is 15.0 Å². The number of carboxylic acids is 1. The molecule has 1 atom stereocenters. The van der Waals surface area contributed by atoms with Gasteiger partial charge in [0.2, 0.25) is 0 Å². The fourth-order valence-electron chi connectivity index (χ4n) is 1.49. The van der Waals surface area contributed by atoms with Gasteiger partial charge in [-0.25, -0.2) is 0 Å². The highest BCUT2D eigenvalue weighted by atomic mass is 32.2. The summed E-state index contributed by atoms with van der Waals surface area (Å²) in [6.45, 7) is 0.178. The minimum atomic E-state index is -0.761. The van der Waals surface area contributed by atoms with Crippen molar-refractivity contribution >= 4 is 17.7 Å². The molecule has 0 saturated heterocycles. The number of carboxylic acid groups (broad SMARTS) is 1. The summed E-state index contributed by atoms with van der Waals surface area (Å²) in [7, 11) is 0. The lowest BCUT2D eigenvalue weighted by Crippen LogP contribution is -2.19. The third kappa shape index (κ3) is 5.75. The Hall–Kier alpha value is -1.00. The van der Waals surface area contributed by atoms with Gasteiger partial charge in [-0.2, -0.15) is 0 Å². The van der Waals surface area contributed by atoms with E-state index in [1.807, 2.05) is 30.3 Å². The standard InChI is InChI=1S/C13H18O3S/c14-8-4-5-9-17-12(13(15)16)10-11-6-2-1-3-7-11/h1-3,6-7,12,14H,4-5,8-10H2,(H,15,16). The molecule has 0 aliphatic rings. The first kappa shape index (κ1) is 14.1. The van der Waals surface area contributed by atoms with Gasteiger partial charge in [-0.15, -0.1) is 11.8 Å². The number of unbranched alkanes of at least 4 members (excludes halogenated alkanes) is 1. The van der Waals surface area contributed by atoms with Crippen molar-refractivity contribution in [3.05, 3.63) is 35.9 Å². The Balaban J connectivity index is 2.41. The zero-order valence-electron chi connectivity index (χ0n) is 9.71. The fraction of sp³-hybridized carbons (Fsp3) is 0.462. The van der Waals surface area contributed by atoms with E-state index in [0.717, 1.165) is 24.2 Å². The van der Waals surface area contributed by atoms with Crippen LogP contribution in [-0.4, -0.2) is 33.8 Å². The molecule has 0 amide bonds. The minimum Gasteiger partial charge on any atom is -0.480 e. The number of benzene rings is 1. The Kier molecular flexibility index (Phi) is 6.74. The molecule has 0 aliphatic carbocycles. The van der Waals surface area contributed by atoms with Gasteiger partial charge in [-0.05, 0) is 30.6 Å². The van der Waals surface area contributed by atoms with Crippen LogP contribution in [0.4, 0.5) is 0 Å². The fourth-order valence-corrected chi connectivity index (χ4v) is 2.59. The molecule has 0 heterocycles. The molecule has 94 valence electrons. The topological polar surface area (TPSA) is 57.5 Å². The molecule has 0 fully saturated rings. The summed E-state index contributed by atoms with van der Waals surface area (Å²) < 4.78 is 0. The van der Waals surface area contributed by atoms with Gasteiger partial charge in [0.05, 0.1) is 0 Å². The van der Waals surface area contributed by atoms with Gasteiger partial charge < -0.3 is 10.2 Å². The number of carbonyl (C=O) groups is 1. The van der Waals surface area contributed by atoms with Crippen molar-refractivity contribution in [1.29, 1.82) is 0 Å². The highest BCUT2D eigenvalue weighted by Gasteiger charge is 2.17. The maximum Gasteiger partial charge on any atom is 0.316 e. The predicted octanol–water partition coefficient (Wildman–Crippen LogP) is 2.19. The first-order valence-corrected chi connectivity index (χ1v) is 6.78. The van der Waals surface area contributed by atoms with E-state index in [-0.39, 0.29) is 6.61 Å². The number of aliphatic hydroxyl groups is 1. The quantitative estimate of drug-likeness (QED) is 0.698. The van der Waals surface area contributed by atoms with Crippen LogP contribution in [0.15, 0.2) is 30.3 Å². The first-order chi connectivity index (χ1) is 8.24. The maximum absolute atomic E-state index is 11.1. The van der Waals surface area contributed by atoms with Crippen LogP contribution in [0.3, 0.4) is 0 Å². The number of hydrogen-bond donors (Lipinski definition) is 2. The zero-order valence-corrected chi connectivity index (χ0v) is 10.5. The van der Waals surface area contributed by atoms with Gasteiger partial charge in [0.25, 0.3) is 0 Å². The third-order valence-electron chi connectivity index (χ3n) is 2.41. The molecule has 0 bridgehead atoms. The molecule has 3 nitrogen and oxygen atoms in total. The van der Waals surface area contributed by atoms with Gasteiger partial charge in [0.1, 0.15) is 5.25 Å². The summed E-state index contributed by atoms with van der Waals surface area (Å²) in [4.78, 5) is 11.1. The molecule has 1 rings (SSSR count). The number of aliphatic carboxylic acids is 1.